The van der Waals surface area contributed by atoms with Gasteiger partial charge in [0.05, 0.1) is 13.2 Å². The summed E-state index contributed by atoms with van der Waals surface area (Å²) in [5.74, 6) is 0. The minimum Gasteiger partial charge on any atom is -0.371 e. The van der Waals surface area contributed by atoms with E-state index in [0.29, 0.717) is 13.2 Å². The summed E-state index contributed by atoms with van der Waals surface area (Å²) in [5.41, 5.74) is 1.19. The standard InChI is InChI=1S/C15H18BrNOS/c1-2-17-9-13-7-8-14(19-13)11-18-10-12-5-3-4-6-15(12)16/h3-8,17H,2,9-11H2,1H3. The van der Waals surface area contributed by atoms with Gasteiger partial charge in [0, 0.05) is 20.8 Å². The van der Waals surface area contributed by atoms with Crippen molar-refractivity contribution in [2.45, 2.75) is 26.7 Å². The van der Waals surface area contributed by atoms with Crippen LogP contribution in [0.15, 0.2) is 40.9 Å². The SMILES string of the molecule is CCNCc1ccc(COCc2ccccc2Br)s1. The van der Waals surface area contributed by atoms with E-state index >= 15 is 0 Å². The van der Waals surface area contributed by atoms with E-state index in [1.54, 1.807) is 0 Å². The molecule has 1 N–H and O–H groups in total. The molecule has 2 aromatic rings. The maximum absolute atomic E-state index is 5.76. The Bertz CT molecular complexity index is 512. The van der Waals surface area contributed by atoms with Gasteiger partial charge in [-0.1, -0.05) is 41.1 Å². The zero-order valence-electron chi connectivity index (χ0n) is 11.0. The first kappa shape index (κ1) is 14.7. The Morgan fingerprint density at radius 1 is 1.11 bits per heavy atom. The van der Waals surface area contributed by atoms with Gasteiger partial charge in [0.25, 0.3) is 0 Å². The van der Waals surface area contributed by atoms with Gasteiger partial charge in [0.15, 0.2) is 0 Å². The number of benzene rings is 1. The number of thiophene rings is 1. The predicted molar refractivity (Wildman–Crippen MR) is 84.3 cm³/mol. The molecule has 0 amide bonds. The average molecular weight is 340 g/mol. The molecule has 1 heterocycles. The van der Waals surface area contributed by atoms with Crippen molar-refractivity contribution in [3.8, 4) is 0 Å². The van der Waals surface area contributed by atoms with Gasteiger partial charge in [0.2, 0.25) is 0 Å². The molecule has 4 heteroatoms. The quantitative estimate of drug-likeness (QED) is 0.810. The van der Waals surface area contributed by atoms with Crippen LogP contribution < -0.4 is 5.32 Å². The molecule has 1 aromatic carbocycles. The highest BCUT2D eigenvalue weighted by Gasteiger charge is 2.02. The second kappa shape index (κ2) is 7.80. The molecule has 2 nitrogen and oxygen atoms in total. The first-order valence-corrected chi connectivity index (χ1v) is 8.00. The maximum Gasteiger partial charge on any atom is 0.0814 e. The van der Waals surface area contributed by atoms with Gasteiger partial charge in [-0.3, -0.25) is 0 Å². The Hall–Kier alpha value is -0.680. The van der Waals surface area contributed by atoms with E-state index in [4.69, 9.17) is 4.74 Å². The molecule has 0 fully saturated rings. The highest BCUT2D eigenvalue weighted by atomic mass is 79.9. The van der Waals surface area contributed by atoms with Crippen LogP contribution in [0, 0.1) is 0 Å². The van der Waals surface area contributed by atoms with Crippen molar-refractivity contribution in [1.82, 2.24) is 5.32 Å². The third-order valence-corrected chi connectivity index (χ3v) is 4.56. The summed E-state index contributed by atoms with van der Waals surface area (Å²) in [7, 11) is 0. The molecule has 0 radical (unpaired) electrons. The van der Waals surface area contributed by atoms with Crippen LogP contribution in [-0.2, 0) is 24.5 Å². The predicted octanol–water partition coefficient (Wildman–Crippen LogP) is 4.34. The summed E-state index contributed by atoms with van der Waals surface area (Å²) in [6.07, 6.45) is 0. The number of nitrogens with one attached hydrogen (secondary N) is 1. The highest BCUT2D eigenvalue weighted by Crippen LogP contribution is 2.20. The van der Waals surface area contributed by atoms with Crippen molar-refractivity contribution >= 4 is 27.3 Å². The van der Waals surface area contributed by atoms with Crippen LogP contribution in [0.2, 0.25) is 0 Å². The van der Waals surface area contributed by atoms with E-state index in [2.05, 4.69) is 46.4 Å². The molecule has 0 unspecified atom stereocenters. The Balaban J connectivity index is 1.79. The normalized spacial score (nSPS) is 10.8. The molecule has 0 aliphatic rings. The molecular formula is C15H18BrNOS. The summed E-state index contributed by atoms with van der Waals surface area (Å²) in [4.78, 5) is 2.64. The smallest absolute Gasteiger partial charge is 0.0814 e. The number of ether oxygens (including phenoxy) is 1. The number of halogens is 1. The summed E-state index contributed by atoms with van der Waals surface area (Å²) < 4.78 is 6.87. The number of rotatable bonds is 7. The molecule has 102 valence electrons. The van der Waals surface area contributed by atoms with Crippen LogP contribution in [0.4, 0.5) is 0 Å². The molecule has 0 aliphatic carbocycles. The van der Waals surface area contributed by atoms with E-state index in [-0.39, 0.29) is 0 Å². The first-order chi connectivity index (χ1) is 9.29. The maximum atomic E-state index is 5.76. The van der Waals surface area contributed by atoms with E-state index in [9.17, 15) is 0 Å². The molecule has 0 aliphatic heterocycles. The second-order valence-electron chi connectivity index (χ2n) is 4.23. The second-order valence-corrected chi connectivity index (χ2v) is 6.34. The van der Waals surface area contributed by atoms with E-state index in [1.807, 2.05) is 29.5 Å². The van der Waals surface area contributed by atoms with Gasteiger partial charge in [-0.05, 0) is 30.3 Å². The molecule has 2 rings (SSSR count). The fraction of sp³-hybridized carbons (Fsp3) is 0.333. The van der Waals surface area contributed by atoms with Crippen molar-refractivity contribution in [2.24, 2.45) is 0 Å². The molecule has 19 heavy (non-hydrogen) atoms. The topological polar surface area (TPSA) is 21.3 Å². The lowest BCUT2D eigenvalue weighted by atomic mass is 10.2. The molecule has 0 saturated carbocycles. The van der Waals surface area contributed by atoms with Crippen molar-refractivity contribution in [2.75, 3.05) is 6.54 Å². The summed E-state index contributed by atoms with van der Waals surface area (Å²) in [5, 5.41) is 3.33. The van der Waals surface area contributed by atoms with E-state index < -0.39 is 0 Å². The summed E-state index contributed by atoms with van der Waals surface area (Å²) in [6.45, 7) is 5.40. The molecular weight excluding hydrogens is 322 g/mol. The van der Waals surface area contributed by atoms with Crippen molar-refractivity contribution in [3.63, 3.8) is 0 Å². The van der Waals surface area contributed by atoms with Crippen LogP contribution >= 0.6 is 27.3 Å². The Morgan fingerprint density at radius 2 is 1.89 bits per heavy atom. The minimum absolute atomic E-state index is 0.641. The Kier molecular flexibility index (Phi) is 6.04. The minimum atomic E-state index is 0.641. The summed E-state index contributed by atoms with van der Waals surface area (Å²) >= 11 is 5.34. The van der Waals surface area contributed by atoms with Gasteiger partial charge in [-0.2, -0.15) is 0 Å². The zero-order chi connectivity index (χ0) is 13.5. The first-order valence-electron chi connectivity index (χ1n) is 6.39. The van der Waals surface area contributed by atoms with Gasteiger partial charge in [0.1, 0.15) is 0 Å². The van der Waals surface area contributed by atoms with Crippen LogP contribution in [0.25, 0.3) is 0 Å². The van der Waals surface area contributed by atoms with Gasteiger partial charge >= 0.3 is 0 Å². The number of hydrogen-bond donors (Lipinski definition) is 1. The Labute approximate surface area is 126 Å². The Morgan fingerprint density at radius 3 is 2.68 bits per heavy atom. The molecule has 0 bridgehead atoms. The third kappa shape index (κ3) is 4.73. The van der Waals surface area contributed by atoms with Crippen molar-refractivity contribution in [3.05, 3.63) is 56.2 Å². The number of hydrogen-bond acceptors (Lipinski definition) is 3. The van der Waals surface area contributed by atoms with Crippen LogP contribution in [0.1, 0.15) is 22.2 Å². The van der Waals surface area contributed by atoms with Crippen molar-refractivity contribution in [1.29, 1.82) is 0 Å². The summed E-state index contributed by atoms with van der Waals surface area (Å²) in [6, 6.07) is 12.5. The van der Waals surface area contributed by atoms with Gasteiger partial charge in [-0.15, -0.1) is 11.3 Å². The zero-order valence-corrected chi connectivity index (χ0v) is 13.4. The lowest BCUT2D eigenvalue weighted by Crippen LogP contribution is -2.10. The average Bonchev–Trinajstić information content (AvgIpc) is 2.86. The van der Waals surface area contributed by atoms with Gasteiger partial charge < -0.3 is 10.1 Å². The van der Waals surface area contributed by atoms with Crippen LogP contribution in [-0.4, -0.2) is 6.54 Å². The van der Waals surface area contributed by atoms with Crippen LogP contribution in [0.5, 0.6) is 0 Å². The lowest BCUT2D eigenvalue weighted by Gasteiger charge is -2.05. The lowest BCUT2D eigenvalue weighted by molar-refractivity contribution is 0.109. The monoisotopic (exact) mass is 339 g/mol. The molecule has 0 atom stereocenters. The van der Waals surface area contributed by atoms with Gasteiger partial charge in [-0.25, -0.2) is 0 Å². The molecule has 0 spiro atoms. The molecule has 1 aromatic heterocycles. The van der Waals surface area contributed by atoms with E-state index in [0.717, 1.165) is 17.6 Å². The van der Waals surface area contributed by atoms with E-state index in [1.165, 1.54) is 15.3 Å². The molecule has 0 saturated heterocycles. The largest absolute Gasteiger partial charge is 0.371 e. The van der Waals surface area contributed by atoms with Crippen LogP contribution in [0.3, 0.4) is 0 Å². The fourth-order valence-corrected chi connectivity index (χ4v) is 3.04. The van der Waals surface area contributed by atoms with Crippen molar-refractivity contribution < 1.29 is 4.74 Å². The third-order valence-electron chi connectivity index (χ3n) is 2.73. The highest BCUT2D eigenvalue weighted by molar-refractivity contribution is 9.10. The fourth-order valence-electron chi connectivity index (χ4n) is 1.72.